The second-order valence-corrected chi connectivity index (χ2v) is 5.42. The normalized spacial score (nSPS) is 10.8. The van der Waals surface area contributed by atoms with E-state index in [9.17, 15) is 4.39 Å². The molecule has 1 N–H and O–H groups in total. The van der Waals surface area contributed by atoms with Gasteiger partial charge in [0, 0.05) is 13.0 Å². The second kappa shape index (κ2) is 6.01. The van der Waals surface area contributed by atoms with Crippen LogP contribution >= 0.6 is 11.3 Å². The molecule has 0 saturated carbocycles. The van der Waals surface area contributed by atoms with Gasteiger partial charge in [-0.05, 0) is 12.1 Å². The number of hydrogen-bond donors (Lipinski definition) is 1. The van der Waals surface area contributed by atoms with Gasteiger partial charge in [-0.25, -0.2) is 9.97 Å². The number of nitrogens with zero attached hydrogens (tertiary/aromatic N) is 3. The van der Waals surface area contributed by atoms with E-state index in [1.807, 2.05) is 18.2 Å². The number of nitrogens with one attached hydrogen (secondary N) is 1. The lowest BCUT2D eigenvalue weighted by molar-refractivity contribution is 0.368. The van der Waals surface area contributed by atoms with Crippen molar-refractivity contribution in [2.75, 3.05) is 19.0 Å². The third-order valence-corrected chi connectivity index (χ3v) is 3.96. The van der Waals surface area contributed by atoms with Crippen LogP contribution in [0.15, 0.2) is 30.5 Å². The van der Waals surface area contributed by atoms with Crippen LogP contribution in [-0.2, 0) is 6.42 Å². The Labute approximate surface area is 124 Å². The zero-order valence-corrected chi connectivity index (χ0v) is 12.2. The van der Waals surface area contributed by atoms with E-state index in [4.69, 9.17) is 4.74 Å². The molecule has 5 nitrogen and oxygen atoms in total. The molecule has 0 bridgehead atoms. The maximum Gasteiger partial charge on any atom is 0.255 e. The fourth-order valence-corrected chi connectivity index (χ4v) is 2.85. The van der Waals surface area contributed by atoms with Gasteiger partial charge >= 0.3 is 0 Å². The monoisotopic (exact) mass is 304 g/mol. The highest BCUT2D eigenvalue weighted by molar-refractivity contribution is 7.18. The van der Waals surface area contributed by atoms with Crippen molar-refractivity contribution < 1.29 is 9.13 Å². The van der Waals surface area contributed by atoms with Crippen LogP contribution in [0.25, 0.3) is 10.2 Å². The zero-order chi connectivity index (χ0) is 14.7. The van der Waals surface area contributed by atoms with Gasteiger partial charge in [-0.3, -0.25) is 0 Å². The molecule has 3 rings (SSSR count). The van der Waals surface area contributed by atoms with Gasteiger partial charge in [0.2, 0.25) is 11.8 Å². The predicted octanol–water partition coefficient (Wildman–Crippen LogP) is 2.89. The van der Waals surface area contributed by atoms with Crippen molar-refractivity contribution >= 4 is 27.5 Å². The molecule has 0 saturated heterocycles. The number of ether oxygens (including phenoxy) is 1. The Morgan fingerprint density at radius 1 is 1.29 bits per heavy atom. The van der Waals surface area contributed by atoms with Crippen molar-refractivity contribution in [3.8, 4) is 5.88 Å². The van der Waals surface area contributed by atoms with Crippen molar-refractivity contribution in [1.29, 1.82) is 0 Å². The highest BCUT2D eigenvalue weighted by atomic mass is 32.1. The lowest BCUT2D eigenvalue weighted by atomic mass is 10.3. The fraction of sp³-hybridized carbons (Fsp3) is 0.214. The molecule has 1 aromatic carbocycles. The molecule has 2 aromatic heterocycles. The first-order chi connectivity index (χ1) is 10.3. The highest BCUT2D eigenvalue weighted by Crippen LogP contribution is 2.21. The van der Waals surface area contributed by atoms with E-state index in [1.165, 1.54) is 11.8 Å². The van der Waals surface area contributed by atoms with Gasteiger partial charge in [0.05, 0.1) is 28.5 Å². The van der Waals surface area contributed by atoms with Gasteiger partial charge in [0.1, 0.15) is 0 Å². The number of benzene rings is 1. The minimum Gasteiger partial charge on any atom is -0.479 e. The van der Waals surface area contributed by atoms with Crippen LogP contribution in [0.2, 0.25) is 0 Å². The summed E-state index contributed by atoms with van der Waals surface area (Å²) < 4.78 is 19.2. The van der Waals surface area contributed by atoms with Crippen molar-refractivity contribution in [3.05, 3.63) is 41.3 Å². The van der Waals surface area contributed by atoms with Gasteiger partial charge in [-0.2, -0.15) is 9.37 Å². The lowest BCUT2D eigenvalue weighted by Gasteiger charge is -2.05. The van der Waals surface area contributed by atoms with Crippen LogP contribution in [-0.4, -0.2) is 28.6 Å². The SMILES string of the molecule is COc1nc(NCCc2nc3ccccc3s2)ncc1F. The summed E-state index contributed by atoms with van der Waals surface area (Å²) in [5, 5.41) is 4.08. The lowest BCUT2D eigenvalue weighted by Crippen LogP contribution is -2.08. The molecular weight excluding hydrogens is 291 g/mol. The molecule has 0 aliphatic heterocycles. The van der Waals surface area contributed by atoms with Crippen LogP contribution in [0.3, 0.4) is 0 Å². The van der Waals surface area contributed by atoms with Gasteiger partial charge in [0.25, 0.3) is 5.88 Å². The fourth-order valence-electron chi connectivity index (χ4n) is 1.89. The third kappa shape index (κ3) is 3.08. The number of methoxy groups -OCH3 is 1. The van der Waals surface area contributed by atoms with Gasteiger partial charge in [-0.15, -0.1) is 11.3 Å². The number of thiazole rings is 1. The summed E-state index contributed by atoms with van der Waals surface area (Å²) in [6.45, 7) is 0.620. The van der Waals surface area contributed by atoms with Crippen LogP contribution in [0, 0.1) is 5.82 Å². The van der Waals surface area contributed by atoms with E-state index in [0.29, 0.717) is 12.5 Å². The molecule has 0 unspecified atom stereocenters. The molecule has 0 radical (unpaired) electrons. The summed E-state index contributed by atoms with van der Waals surface area (Å²) in [6, 6.07) is 8.03. The predicted molar refractivity (Wildman–Crippen MR) is 80.4 cm³/mol. The number of para-hydroxylation sites is 1. The van der Waals surface area contributed by atoms with Crippen molar-refractivity contribution in [3.63, 3.8) is 0 Å². The Bertz CT molecular complexity index is 729. The van der Waals surface area contributed by atoms with Gasteiger partial charge < -0.3 is 10.1 Å². The molecule has 3 aromatic rings. The Morgan fingerprint density at radius 3 is 2.95 bits per heavy atom. The summed E-state index contributed by atoms with van der Waals surface area (Å²) in [5.74, 6) is -0.295. The maximum atomic E-state index is 13.2. The molecule has 0 atom stereocenters. The van der Waals surface area contributed by atoms with Crippen molar-refractivity contribution in [2.45, 2.75) is 6.42 Å². The number of anilines is 1. The van der Waals surface area contributed by atoms with Crippen LogP contribution in [0.5, 0.6) is 5.88 Å². The largest absolute Gasteiger partial charge is 0.479 e. The van der Waals surface area contributed by atoms with Gasteiger partial charge in [-0.1, -0.05) is 12.1 Å². The van der Waals surface area contributed by atoms with E-state index < -0.39 is 5.82 Å². The number of hydrogen-bond acceptors (Lipinski definition) is 6. The Hall–Kier alpha value is -2.28. The molecule has 0 aliphatic rings. The Kier molecular flexibility index (Phi) is 3.92. The third-order valence-electron chi connectivity index (χ3n) is 2.87. The molecule has 0 amide bonds. The van der Waals surface area contributed by atoms with E-state index in [2.05, 4.69) is 26.3 Å². The molecule has 0 spiro atoms. The molecular formula is C14H13FN4OS. The topological polar surface area (TPSA) is 59.9 Å². The summed E-state index contributed by atoms with van der Waals surface area (Å²) >= 11 is 1.67. The molecule has 0 aliphatic carbocycles. The van der Waals surface area contributed by atoms with Crippen LogP contribution in [0.1, 0.15) is 5.01 Å². The van der Waals surface area contributed by atoms with Crippen LogP contribution < -0.4 is 10.1 Å². The smallest absolute Gasteiger partial charge is 0.255 e. The molecule has 0 fully saturated rings. The quantitative estimate of drug-likeness (QED) is 0.785. The number of aromatic nitrogens is 3. The summed E-state index contributed by atoms with van der Waals surface area (Å²) in [4.78, 5) is 12.3. The Morgan fingerprint density at radius 2 is 2.14 bits per heavy atom. The van der Waals surface area contributed by atoms with E-state index in [0.717, 1.165) is 23.1 Å². The minimum absolute atomic E-state index is 0.0625. The first-order valence-electron chi connectivity index (χ1n) is 6.41. The van der Waals surface area contributed by atoms with Crippen LogP contribution in [0.4, 0.5) is 10.3 Å². The minimum atomic E-state index is -0.575. The van der Waals surface area contributed by atoms with E-state index in [1.54, 1.807) is 11.3 Å². The first-order valence-corrected chi connectivity index (χ1v) is 7.23. The summed E-state index contributed by atoms with van der Waals surface area (Å²) in [6.07, 6.45) is 1.84. The molecule has 2 heterocycles. The van der Waals surface area contributed by atoms with E-state index >= 15 is 0 Å². The summed E-state index contributed by atoms with van der Waals surface area (Å²) in [7, 11) is 1.37. The average molecular weight is 304 g/mol. The van der Waals surface area contributed by atoms with Crippen molar-refractivity contribution in [2.24, 2.45) is 0 Å². The number of halogens is 1. The molecule has 108 valence electrons. The first kappa shape index (κ1) is 13.7. The highest BCUT2D eigenvalue weighted by Gasteiger charge is 2.07. The van der Waals surface area contributed by atoms with Crippen molar-refractivity contribution in [1.82, 2.24) is 15.0 Å². The number of rotatable bonds is 5. The second-order valence-electron chi connectivity index (χ2n) is 4.30. The number of fused-ring (bicyclic) bond motifs is 1. The molecule has 7 heteroatoms. The summed E-state index contributed by atoms with van der Waals surface area (Å²) in [5.41, 5.74) is 1.01. The zero-order valence-electron chi connectivity index (χ0n) is 11.3. The van der Waals surface area contributed by atoms with E-state index in [-0.39, 0.29) is 5.88 Å². The standard InChI is InChI=1S/C14H13FN4OS/c1-20-13-9(15)8-17-14(19-13)16-7-6-12-18-10-4-2-3-5-11(10)21-12/h2-5,8H,6-7H2,1H3,(H,16,17,19). The van der Waals surface area contributed by atoms with Gasteiger partial charge in [0.15, 0.2) is 0 Å². The average Bonchev–Trinajstić information content (AvgIpc) is 2.91. The molecule has 21 heavy (non-hydrogen) atoms. The maximum absolute atomic E-state index is 13.2. The Balaban J connectivity index is 1.63.